The van der Waals surface area contributed by atoms with Crippen molar-refractivity contribution < 1.29 is 13.7 Å². The van der Waals surface area contributed by atoms with Crippen LogP contribution in [-0.4, -0.2) is 21.3 Å². The summed E-state index contributed by atoms with van der Waals surface area (Å²) in [4.78, 5) is 12.3. The highest BCUT2D eigenvalue weighted by Crippen LogP contribution is 2.28. The van der Waals surface area contributed by atoms with Gasteiger partial charge in [0, 0.05) is 17.5 Å². The van der Waals surface area contributed by atoms with Crippen LogP contribution in [0.2, 0.25) is 0 Å². The molecule has 0 radical (unpaired) electrons. The Hall–Kier alpha value is -2.61. The molecule has 0 unspecified atom stereocenters. The Balaban J connectivity index is 1.72. The van der Waals surface area contributed by atoms with Gasteiger partial charge < -0.3 is 4.52 Å². The Morgan fingerprint density at radius 1 is 1.28 bits per heavy atom. The summed E-state index contributed by atoms with van der Waals surface area (Å²) in [6.07, 6.45) is 1.94. The molecule has 1 N–H and O–H groups in total. The average molecular weight is 360 g/mol. The third-order valence-electron chi connectivity index (χ3n) is 3.85. The number of aromatic nitrogens is 3. The largest absolute Gasteiger partial charge is 0.350 e. The van der Waals surface area contributed by atoms with Crippen LogP contribution in [0.25, 0.3) is 11.3 Å². The maximum atomic E-state index is 13.3. The molecular weight excluding hydrogens is 343 g/mol. The molecule has 8 heteroatoms. The molecule has 6 nitrogen and oxygen atoms in total. The molecule has 0 aliphatic heterocycles. The van der Waals surface area contributed by atoms with Crippen LogP contribution < -0.4 is 5.32 Å². The molecule has 0 saturated heterocycles. The first-order valence-electron chi connectivity index (χ1n) is 7.98. The topological polar surface area (TPSA) is 80.9 Å². The van der Waals surface area contributed by atoms with Crippen molar-refractivity contribution in [2.75, 3.05) is 5.32 Å². The van der Waals surface area contributed by atoms with E-state index in [0.29, 0.717) is 22.3 Å². The second-order valence-electron chi connectivity index (χ2n) is 5.50. The molecule has 1 aromatic carbocycles. The van der Waals surface area contributed by atoms with Crippen LogP contribution in [0.3, 0.4) is 0 Å². The molecule has 0 spiro atoms. The van der Waals surface area contributed by atoms with Crippen molar-refractivity contribution in [3.05, 3.63) is 46.9 Å². The lowest BCUT2D eigenvalue weighted by molar-refractivity contribution is 0.0988. The van der Waals surface area contributed by atoms with Crippen molar-refractivity contribution in [2.24, 2.45) is 0 Å². The summed E-state index contributed by atoms with van der Waals surface area (Å²) in [6, 6.07) is 7.39. The molecular formula is C17H17FN4O2S. The van der Waals surface area contributed by atoms with Crippen molar-refractivity contribution in [1.82, 2.24) is 15.4 Å². The summed E-state index contributed by atoms with van der Waals surface area (Å²) in [7, 11) is 0. The maximum absolute atomic E-state index is 13.3. The molecule has 3 rings (SSSR count). The Kier molecular flexibility index (Phi) is 5.18. The summed E-state index contributed by atoms with van der Waals surface area (Å²) in [5.74, 6) is -0.483. The summed E-state index contributed by atoms with van der Waals surface area (Å²) >= 11 is 1.35. The van der Waals surface area contributed by atoms with Gasteiger partial charge in [-0.25, -0.2) is 4.39 Å². The maximum Gasteiger partial charge on any atom is 0.296 e. The first-order valence-corrected chi connectivity index (χ1v) is 8.79. The van der Waals surface area contributed by atoms with Gasteiger partial charge in [-0.05, 0) is 25.0 Å². The number of nitrogens with zero attached hydrogens (tertiary/aromatic N) is 3. The van der Waals surface area contributed by atoms with E-state index in [2.05, 4.69) is 34.5 Å². The number of nitrogens with one attached hydrogen (secondary N) is 1. The van der Waals surface area contributed by atoms with Gasteiger partial charge in [0.25, 0.3) is 5.91 Å². The number of carbonyl (C=O) groups excluding carboxylic acids is 1. The zero-order valence-electron chi connectivity index (χ0n) is 13.8. The van der Waals surface area contributed by atoms with Crippen LogP contribution in [0.15, 0.2) is 34.9 Å². The van der Waals surface area contributed by atoms with Crippen molar-refractivity contribution in [2.45, 2.75) is 32.6 Å². The smallest absolute Gasteiger partial charge is 0.296 e. The van der Waals surface area contributed by atoms with E-state index in [1.165, 1.54) is 29.5 Å². The van der Waals surface area contributed by atoms with Crippen LogP contribution in [0.1, 0.15) is 48.2 Å². The lowest BCUT2D eigenvalue weighted by atomic mass is 10.1. The Bertz CT molecular complexity index is 873. The van der Waals surface area contributed by atoms with Gasteiger partial charge in [0.2, 0.25) is 10.9 Å². The minimum absolute atomic E-state index is 0.0264. The number of hydrogen-bond acceptors (Lipinski definition) is 6. The second kappa shape index (κ2) is 7.52. The third-order valence-corrected chi connectivity index (χ3v) is 4.85. The molecule has 0 atom stereocenters. The van der Waals surface area contributed by atoms with E-state index in [-0.39, 0.29) is 11.6 Å². The van der Waals surface area contributed by atoms with Crippen molar-refractivity contribution in [3.8, 4) is 11.3 Å². The highest BCUT2D eigenvalue weighted by atomic mass is 32.1. The molecule has 25 heavy (non-hydrogen) atoms. The number of anilines is 1. The highest BCUT2D eigenvalue weighted by Gasteiger charge is 2.18. The van der Waals surface area contributed by atoms with Gasteiger partial charge >= 0.3 is 0 Å². The normalized spacial score (nSPS) is 11.0. The van der Waals surface area contributed by atoms with Gasteiger partial charge in [0.1, 0.15) is 16.5 Å². The molecule has 1 amide bonds. The number of benzene rings is 1. The van der Waals surface area contributed by atoms with E-state index in [4.69, 9.17) is 4.52 Å². The van der Waals surface area contributed by atoms with Crippen molar-refractivity contribution in [3.63, 3.8) is 0 Å². The Morgan fingerprint density at radius 2 is 2.08 bits per heavy atom. The van der Waals surface area contributed by atoms with Gasteiger partial charge in [-0.3, -0.25) is 10.1 Å². The average Bonchev–Trinajstić information content (AvgIpc) is 3.26. The van der Waals surface area contributed by atoms with E-state index in [0.717, 1.165) is 17.8 Å². The molecule has 2 heterocycles. The molecule has 3 aromatic rings. The summed E-state index contributed by atoms with van der Waals surface area (Å²) in [6.45, 7) is 4.19. The van der Waals surface area contributed by atoms with Crippen molar-refractivity contribution >= 4 is 22.4 Å². The van der Waals surface area contributed by atoms with Gasteiger partial charge in [-0.1, -0.05) is 42.5 Å². The van der Waals surface area contributed by atoms with Gasteiger partial charge in [-0.2, -0.15) is 0 Å². The van der Waals surface area contributed by atoms with Crippen LogP contribution in [0, 0.1) is 5.82 Å². The van der Waals surface area contributed by atoms with Gasteiger partial charge in [-0.15, -0.1) is 10.2 Å². The predicted octanol–water partition coefficient (Wildman–Crippen LogP) is 4.49. The molecule has 130 valence electrons. The summed E-state index contributed by atoms with van der Waals surface area (Å²) in [5, 5.41) is 15.9. The molecule has 0 saturated carbocycles. The zero-order chi connectivity index (χ0) is 17.8. The van der Waals surface area contributed by atoms with Crippen molar-refractivity contribution in [1.29, 1.82) is 0 Å². The van der Waals surface area contributed by atoms with E-state index in [9.17, 15) is 9.18 Å². The Morgan fingerprint density at radius 3 is 2.80 bits per heavy atom. The monoisotopic (exact) mass is 360 g/mol. The lowest BCUT2D eigenvalue weighted by Crippen LogP contribution is -2.10. The number of hydrogen-bond donors (Lipinski definition) is 1. The van der Waals surface area contributed by atoms with Gasteiger partial charge in [0.15, 0.2) is 0 Å². The Labute approximate surface area is 148 Å². The molecule has 0 aliphatic rings. The zero-order valence-corrected chi connectivity index (χ0v) is 14.6. The lowest BCUT2D eigenvalue weighted by Gasteiger charge is -2.05. The number of halogens is 1. The fourth-order valence-electron chi connectivity index (χ4n) is 2.41. The first-order chi connectivity index (χ1) is 12.1. The van der Waals surface area contributed by atoms with E-state index in [1.807, 2.05) is 0 Å². The van der Waals surface area contributed by atoms with Crippen LogP contribution >= 0.6 is 11.3 Å². The van der Waals surface area contributed by atoms with E-state index in [1.54, 1.807) is 12.1 Å². The molecule has 0 aliphatic carbocycles. The number of amides is 1. The molecule has 0 bridgehead atoms. The minimum Gasteiger partial charge on any atom is -0.350 e. The third kappa shape index (κ3) is 3.90. The minimum atomic E-state index is -0.470. The number of carbonyl (C=O) groups is 1. The predicted molar refractivity (Wildman–Crippen MR) is 93.1 cm³/mol. The second-order valence-corrected chi connectivity index (χ2v) is 6.51. The fourth-order valence-corrected chi connectivity index (χ4v) is 3.42. The summed E-state index contributed by atoms with van der Waals surface area (Å²) < 4.78 is 18.3. The first kappa shape index (κ1) is 17.2. The van der Waals surface area contributed by atoms with Crippen LogP contribution in [0.5, 0.6) is 0 Å². The van der Waals surface area contributed by atoms with Crippen LogP contribution in [-0.2, 0) is 0 Å². The highest BCUT2D eigenvalue weighted by molar-refractivity contribution is 7.15. The van der Waals surface area contributed by atoms with E-state index < -0.39 is 5.91 Å². The molecule has 0 fully saturated rings. The fraction of sp³-hybridized carbons (Fsp3) is 0.294. The quantitative estimate of drug-likeness (QED) is 0.700. The van der Waals surface area contributed by atoms with E-state index >= 15 is 0 Å². The number of rotatable bonds is 6. The summed E-state index contributed by atoms with van der Waals surface area (Å²) in [5.41, 5.74) is 0.925. The van der Waals surface area contributed by atoms with Gasteiger partial charge in [0.05, 0.1) is 0 Å². The molecule has 2 aromatic heterocycles. The standard InChI is InChI=1S/C17H17FN4O2S/c1-3-10(4-2)16-20-21-17(25-16)19-15(23)14-9-13(22-24-14)11-6-5-7-12(18)8-11/h5-10H,3-4H2,1-2H3,(H,19,21,23). The SMILES string of the molecule is CCC(CC)c1nnc(NC(=O)c2cc(-c3cccc(F)c3)no2)s1. The van der Waals surface area contributed by atoms with Crippen LogP contribution in [0.4, 0.5) is 9.52 Å².